The molecule has 1 saturated heterocycles. The fourth-order valence-corrected chi connectivity index (χ4v) is 1.98. The molecule has 0 saturated carbocycles. The van der Waals surface area contributed by atoms with Crippen molar-refractivity contribution < 1.29 is 0 Å². The van der Waals surface area contributed by atoms with E-state index in [4.69, 9.17) is 0 Å². The largest absolute Gasteiger partial charge is 0.316 e. The van der Waals surface area contributed by atoms with Crippen LogP contribution in [0.5, 0.6) is 0 Å². The molecule has 0 atom stereocenters. The predicted molar refractivity (Wildman–Crippen MR) is 61.5 cm³/mol. The molecule has 3 rings (SSSR count). The van der Waals surface area contributed by atoms with Gasteiger partial charge in [-0.3, -0.25) is 4.79 Å². The third kappa shape index (κ3) is 1.72. The molecule has 0 aromatic carbocycles. The quantitative estimate of drug-likeness (QED) is 0.747. The molecule has 2 aromatic heterocycles. The summed E-state index contributed by atoms with van der Waals surface area (Å²) in [5.41, 5.74) is 0.437. The summed E-state index contributed by atoms with van der Waals surface area (Å²) >= 11 is 0. The van der Waals surface area contributed by atoms with Crippen LogP contribution in [0.1, 0.15) is 6.42 Å². The van der Waals surface area contributed by atoms with E-state index in [9.17, 15) is 4.79 Å². The Kier molecular flexibility index (Phi) is 2.40. The van der Waals surface area contributed by atoms with Crippen LogP contribution < -0.4 is 10.9 Å². The van der Waals surface area contributed by atoms with E-state index in [1.807, 2.05) is 0 Å². The van der Waals surface area contributed by atoms with Crippen LogP contribution >= 0.6 is 0 Å². The van der Waals surface area contributed by atoms with Gasteiger partial charge in [0.1, 0.15) is 5.39 Å². The van der Waals surface area contributed by atoms with Crippen molar-refractivity contribution in [2.45, 2.75) is 13.0 Å². The van der Waals surface area contributed by atoms with Gasteiger partial charge in [-0.25, -0.2) is 9.36 Å². The van der Waals surface area contributed by atoms with Gasteiger partial charge >= 0.3 is 0 Å². The van der Waals surface area contributed by atoms with Crippen LogP contribution in [0.3, 0.4) is 0 Å². The number of fused-ring (bicyclic) bond motifs is 1. The van der Waals surface area contributed by atoms with E-state index in [2.05, 4.69) is 20.7 Å². The molecule has 0 bridgehead atoms. The molecule has 1 aliphatic heterocycles. The van der Waals surface area contributed by atoms with Crippen molar-refractivity contribution in [1.82, 2.24) is 30.1 Å². The lowest BCUT2D eigenvalue weighted by atomic mass is 10.00. The predicted octanol–water partition coefficient (Wildman–Crippen LogP) is -0.865. The van der Waals surface area contributed by atoms with Crippen LogP contribution in [0.15, 0.2) is 11.0 Å². The monoisotopic (exact) mass is 234 g/mol. The second-order valence-corrected chi connectivity index (χ2v) is 4.44. The van der Waals surface area contributed by atoms with Crippen molar-refractivity contribution in [2.75, 3.05) is 13.1 Å². The average molecular weight is 234 g/mol. The molecule has 0 radical (unpaired) electrons. The van der Waals surface area contributed by atoms with Crippen molar-refractivity contribution in [3.8, 4) is 0 Å². The Bertz CT molecular complexity index is 596. The van der Waals surface area contributed by atoms with E-state index in [0.29, 0.717) is 23.5 Å². The lowest BCUT2D eigenvalue weighted by molar-refractivity contribution is 0.302. The van der Waals surface area contributed by atoms with Crippen molar-refractivity contribution >= 4 is 11.0 Å². The minimum absolute atomic E-state index is 0.101. The second kappa shape index (κ2) is 3.92. The Morgan fingerprint density at radius 1 is 1.53 bits per heavy atom. The smallest absolute Gasteiger partial charge is 0.280 e. The highest BCUT2D eigenvalue weighted by Crippen LogP contribution is 2.09. The first-order valence-corrected chi connectivity index (χ1v) is 5.72. The van der Waals surface area contributed by atoms with Crippen LogP contribution in [0.2, 0.25) is 0 Å². The number of hydrogen-bond acceptors (Lipinski definition) is 5. The van der Waals surface area contributed by atoms with Gasteiger partial charge in [-0.15, -0.1) is 5.10 Å². The Morgan fingerprint density at radius 2 is 2.35 bits per heavy atom. The molecule has 1 N–H and O–H groups in total. The molecule has 0 amide bonds. The molecule has 90 valence electrons. The first-order valence-electron chi connectivity index (χ1n) is 5.72. The van der Waals surface area contributed by atoms with Gasteiger partial charge in [-0.1, -0.05) is 5.21 Å². The topological polar surface area (TPSA) is 77.6 Å². The van der Waals surface area contributed by atoms with Gasteiger partial charge in [0.2, 0.25) is 0 Å². The molecule has 3 heterocycles. The van der Waals surface area contributed by atoms with Crippen LogP contribution in [0.4, 0.5) is 0 Å². The minimum Gasteiger partial charge on any atom is -0.316 e. The molecule has 0 aliphatic carbocycles. The summed E-state index contributed by atoms with van der Waals surface area (Å²) in [6.07, 6.45) is 2.51. The van der Waals surface area contributed by atoms with E-state index in [-0.39, 0.29) is 5.56 Å². The number of aromatic nitrogens is 5. The summed E-state index contributed by atoms with van der Waals surface area (Å²) < 4.78 is 2.99. The summed E-state index contributed by atoms with van der Waals surface area (Å²) in [4.78, 5) is 12.1. The lowest BCUT2D eigenvalue weighted by Crippen LogP contribution is -2.42. The van der Waals surface area contributed by atoms with Crippen molar-refractivity contribution in [3.63, 3.8) is 0 Å². The maximum atomic E-state index is 12.1. The third-order valence-electron chi connectivity index (χ3n) is 3.23. The Labute approximate surface area is 97.4 Å². The fourth-order valence-electron chi connectivity index (χ4n) is 1.98. The minimum atomic E-state index is -0.101. The fraction of sp³-hybridized carbons (Fsp3) is 0.600. The molecular formula is C10H14N6O. The van der Waals surface area contributed by atoms with Gasteiger partial charge in [-0.05, 0) is 25.4 Å². The number of nitrogens with zero attached hydrogens (tertiary/aromatic N) is 5. The third-order valence-corrected chi connectivity index (χ3v) is 3.23. The first-order chi connectivity index (χ1) is 8.25. The van der Waals surface area contributed by atoms with Crippen LogP contribution in [-0.2, 0) is 13.6 Å². The number of rotatable bonds is 3. The van der Waals surface area contributed by atoms with Gasteiger partial charge in [-0.2, -0.15) is 5.10 Å². The highest BCUT2D eigenvalue weighted by Gasteiger charge is 2.17. The van der Waals surface area contributed by atoms with Gasteiger partial charge in [0.15, 0.2) is 5.65 Å². The number of nitrogens with one attached hydrogen (secondary N) is 1. The van der Waals surface area contributed by atoms with Crippen LogP contribution in [-0.4, -0.2) is 37.9 Å². The second-order valence-electron chi connectivity index (χ2n) is 4.44. The summed E-state index contributed by atoms with van der Waals surface area (Å²) in [6.45, 7) is 2.71. The van der Waals surface area contributed by atoms with E-state index in [1.54, 1.807) is 17.9 Å². The van der Waals surface area contributed by atoms with Crippen molar-refractivity contribution in [2.24, 2.45) is 13.0 Å². The van der Waals surface area contributed by atoms with Crippen LogP contribution in [0, 0.1) is 5.92 Å². The molecule has 0 spiro atoms. The van der Waals surface area contributed by atoms with E-state index in [0.717, 1.165) is 19.5 Å². The average Bonchev–Trinajstić information content (AvgIpc) is 2.62. The van der Waals surface area contributed by atoms with Gasteiger partial charge < -0.3 is 5.32 Å². The summed E-state index contributed by atoms with van der Waals surface area (Å²) in [7, 11) is 1.75. The van der Waals surface area contributed by atoms with Gasteiger partial charge in [0, 0.05) is 13.6 Å². The molecule has 7 heteroatoms. The number of hydrogen-bond donors (Lipinski definition) is 1. The van der Waals surface area contributed by atoms with E-state index >= 15 is 0 Å². The van der Waals surface area contributed by atoms with Crippen molar-refractivity contribution in [1.29, 1.82) is 0 Å². The Balaban J connectivity index is 1.89. The summed E-state index contributed by atoms with van der Waals surface area (Å²) in [5, 5.41) is 15.7. The first kappa shape index (κ1) is 10.4. The zero-order valence-corrected chi connectivity index (χ0v) is 9.63. The number of aryl methyl sites for hydroxylation is 2. The molecule has 17 heavy (non-hydrogen) atoms. The molecule has 0 unspecified atom stereocenters. The molecule has 7 nitrogen and oxygen atoms in total. The van der Waals surface area contributed by atoms with E-state index in [1.165, 1.54) is 4.68 Å². The highest BCUT2D eigenvalue weighted by atomic mass is 16.1. The molecule has 2 aromatic rings. The van der Waals surface area contributed by atoms with Crippen molar-refractivity contribution in [3.05, 3.63) is 16.6 Å². The van der Waals surface area contributed by atoms with E-state index < -0.39 is 0 Å². The lowest BCUT2D eigenvalue weighted by Gasteiger charge is -2.26. The molecule has 1 aliphatic rings. The summed E-state index contributed by atoms with van der Waals surface area (Å²) in [5.74, 6) is 0.660. The van der Waals surface area contributed by atoms with Crippen LogP contribution in [0.25, 0.3) is 11.0 Å². The highest BCUT2D eigenvalue weighted by molar-refractivity contribution is 5.72. The van der Waals surface area contributed by atoms with Gasteiger partial charge in [0.25, 0.3) is 5.56 Å². The molecular weight excluding hydrogens is 220 g/mol. The zero-order chi connectivity index (χ0) is 11.8. The SMILES string of the molecule is Cn1ncc2c(=O)n(CCC3CNC3)nnc21. The maximum Gasteiger partial charge on any atom is 0.280 e. The van der Waals surface area contributed by atoms with Gasteiger partial charge in [0.05, 0.1) is 6.20 Å². The standard InChI is InChI=1S/C10H14N6O/c1-15-9-8(6-12-15)10(17)16(14-13-9)3-2-7-4-11-5-7/h6-7,11H,2-5H2,1H3. The Morgan fingerprint density at radius 3 is 3.06 bits per heavy atom. The maximum absolute atomic E-state index is 12.1. The zero-order valence-electron chi connectivity index (χ0n) is 9.63. The Hall–Kier alpha value is -1.76. The normalized spacial score (nSPS) is 16.3. The molecule has 1 fully saturated rings. The summed E-state index contributed by atoms with van der Waals surface area (Å²) in [6, 6.07) is 0.